The highest BCUT2D eigenvalue weighted by molar-refractivity contribution is 6.31. The second-order valence-corrected chi connectivity index (χ2v) is 4.62. The Hall–Kier alpha value is -1.28. The number of halogens is 1. The largest absolute Gasteiger partial charge is 0.315 e. The SMILES string of the molecule is C=C(C)c1cc(Cl)cc2c1CCC(=O)N2C. The summed E-state index contributed by atoms with van der Waals surface area (Å²) in [6.45, 7) is 5.92. The summed E-state index contributed by atoms with van der Waals surface area (Å²) in [7, 11) is 1.79. The van der Waals surface area contributed by atoms with E-state index in [-0.39, 0.29) is 5.91 Å². The number of nitrogens with zero attached hydrogens (tertiary/aromatic N) is 1. The topological polar surface area (TPSA) is 20.3 Å². The van der Waals surface area contributed by atoms with Gasteiger partial charge in [-0.15, -0.1) is 0 Å². The average Bonchev–Trinajstić information content (AvgIpc) is 2.23. The van der Waals surface area contributed by atoms with E-state index in [9.17, 15) is 4.79 Å². The smallest absolute Gasteiger partial charge is 0.227 e. The molecule has 0 unspecified atom stereocenters. The van der Waals surface area contributed by atoms with Crippen LogP contribution in [-0.4, -0.2) is 13.0 Å². The van der Waals surface area contributed by atoms with Gasteiger partial charge in [0.2, 0.25) is 5.91 Å². The Morgan fingerprint density at radius 3 is 2.75 bits per heavy atom. The van der Waals surface area contributed by atoms with Crippen molar-refractivity contribution in [2.75, 3.05) is 11.9 Å². The molecule has 84 valence electrons. The highest BCUT2D eigenvalue weighted by atomic mass is 35.5. The Morgan fingerprint density at radius 2 is 2.12 bits per heavy atom. The molecular weight excluding hydrogens is 222 g/mol. The Labute approximate surface area is 101 Å². The van der Waals surface area contributed by atoms with Gasteiger partial charge in [0.05, 0.1) is 0 Å². The minimum Gasteiger partial charge on any atom is -0.315 e. The molecular formula is C13H14ClNO. The first-order valence-corrected chi connectivity index (χ1v) is 5.63. The second-order valence-electron chi connectivity index (χ2n) is 4.18. The van der Waals surface area contributed by atoms with Crippen molar-refractivity contribution in [3.05, 3.63) is 34.9 Å². The number of benzene rings is 1. The molecule has 16 heavy (non-hydrogen) atoms. The molecule has 1 aliphatic heterocycles. The van der Waals surface area contributed by atoms with Crippen LogP contribution in [0.5, 0.6) is 0 Å². The van der Waals surface area contributed by atoms with Crippen LogP contribution in [0.25, 0.3) is 5.57 Å². The van der Waals surface area contributed by atoms with Crippen molar-refractivity contribution in [2.45, 2.75) is 19.8 Å². The molecule has 2 nitrogen and oxygen atoms in total. The standard InChI is InChI=1S/C13H14ClNO/c1-8(2)11-6-9(14)7-12-10(11)4-5-13(16)15(12)3/h6-7H,1,4-5H2,2-3H3. The van der Waals surface area contributed by atoms with E-state index in [4.69, 9.17) is 11.6 Å². The quantitative estimate of drug-likeness (QED) is 0.732. The van der Waals surface area contributed by atoms with Gasteiger partial charge in [-0.25, -0.2) is 0 Å². The van der Waals surface area contributed by atoms with E-state index >= 15 is 0 Å². The number of anilines is 1. The zero-order valence-electron chi connectivity index (χ0n) is 9.51. The van der Waals surface area contributed by atoms with Crippen LogP contribution in [0.2, 0.25) is 5.02 Å². The van der Waals surface area contributed by atoms with Crippen molar-refractivity contribution in [3.8, 4) is 0 Å². The Balaban J connectivity index is 2.65. The summed E-state index contributed by atoms with van der Waals surface area (Å²) in [5, 5.41) is 0.651. The minimum atomic E-state index is 0.141. The molecule has 0 atom stereocenters. The van der Waals surface area contributed by atoms with Crippen LogP contribution >= 0.6 is 11.6 Å². The van der Waals surface area contributed by atoms with Crippen LogP contribution in [-0.2, 0) is 11.2 Å². The van der Waals surface area contributed by atoms with Crippen LogP contribution in [0, 0.1) is 0 Å². The van der Waals surface area contributed by atoms with Crippen LogP contribution in [0.4, 0.5) is 5.69 Å². The predicted molar refractivity (Wildman–Crippen MR) is 67.9 cm³/mol. The lowest BCUT2D eigenvalue weighted by Crippen LogP contribution is -2.31. The van der Waals surface area contributed by atoms with Crippen molar-refractivity contribution in [1.82, 2.24) is 0 Å². The molecule has 1 aliphatic rings. The number of fused-ring (bicyclic) bond motifs is 1. The minimum absolute atomic E-state index is 0.141. The van der Waals surface area contributed by atoms with E-state index in [1.165, 1.54) is 5.56 Å². The molecule has 1 aromatic carbocycles. The van der Waals surface area contributed by atoms with Crippen LogP contribution in [0.1, 0.15) is 24.5 Å². The highest BCUT2D eigenvalue weighted by Gasteiger charge is 2.23. The lowest BCUT2D eigenvalue weighted by Gasteiger charge is -2.28. The fourth-order valence-electron chi connectivity index (χ4n) is 2.10. The van der Waals surface area contributed by atoms with Crippen molar-refractivity contribution in [3.63, 3.8) is 0 Å². The summed E-state index contributed by atoms with van der Waals surface area (Å²) in [5.41, 5.74) is 4.16. The molecule has 0 saturated heterocycles. The number of carbonyl (C=O) groups is 1. The molecule has 2 rings (SSSR count). The van der Waals surface area contributed by atoms with Crippen molar-refractivity contribution < 1.29 is 4.79 Å². The second kappa shape index (κ2) is 3.95. The number of allylic oxidation sites excluding steroid dienone is 1. The van der Waals surface area contributed by atoms with Gasteiger partial charge in [0.25, 0.3) is 0 Å². The van der Waals surface area contributed by atoms with Gasteiger partial charge in [-0.3, -0.25) is 4.79 Å². The zero-order chi connectivity index (χ0) is 11.9. The highest BCUT2D eigenvalue weighted by Crippen LogP contribution is 2.35. The monoisotopic (exact) mass is 235 g/mol. The summed E-state index contributed by atoms with van der Waals surface area (Å²) >= 11 is 6.06. The van der Waals surface area contributed by atoms with E-state index in [1.54, 1.807) is 11.9 Å². The fraction of sp³-hybridized carbons (Fsp3) is 0.308. The van der Waals surface area contributed by atoms with Crippen LogP contribution < -0.4 is 4.90 Å². The van der Waals surface area contributed by atoms with Crippen molar-refractivity contribution >= 4 is 28.8 Å². The maximum Gasteiger partial charge on any atom is 0.227 e. The number of hydrogen-bond donors (Lipinski definition) is 0. The first-order chi connectivity index (χ1) is 7.50. The lowest BCUT2D eigenvalue weighted by atomic mass is 9.93. The number of amides is 1. The summed E-state index contributed by atoms with van der Waals surface area (Å²) < 4.78 is 0. The van der Waals surface area contributed by atoms with E-state index in [1.807, 2.05) is 19.1 Å². The van der Waals surface area contributed by atoms with E-state index in [2.05, 4.69) is 6.58 Å². The van der Waals surface area contributed by atoms with Crippen molar-refractivity contribution in [1.29, 1.82) is 0 Å². The average molecular weight is 236 g/mol. The molecule has 3 heteroatoms. The van der Waals surface area contributed by atoms with Crippen LogP contribution in [0.3, 0.4) is 0 Å². The predicted octanol–water partition coefficient (Wildman–Crippen LogP) is 3.28. The molecule has 0 spiro atoms. The summed E-state index contributed by atoms with van der Waals surface area (Å²) in [5.74, 6) is 0.141. The van der Waals surface area contributed by atoms with Gasteiger partial charge in [0.15, 0.2) is 0 Å². The summed E-state index contributed by atoms with van der Waals surface area (Å²) in [6, 6.07) is 3.77. The van der Waals surface area contributed by atoms with Gasteiger partial charge in [0, 0.05) is 24.2 Å². The molecule has 0 aliphatic carbocycles. The van der Waals surface area contributed by atoms with Gasteiger partial charge in [0.1, 0.15) is 0 Å². The molecule has 0 saturated carbocycles. The van der Waals surface area contributed by atoms with Crippen LogP contribution in [0.15, 0.2) is 18.7 Å². The number of hydrogen-bond acceptors (Lipinski definition) is 1. The summed E-state index contributed by atoms with van der Waals surface area (Å²) in [6.07, 6.45) is 1.34. The van der Waals surface area contributed by atoms with Gasteiger partial charge in [-0.05, 0) is 36.6 Å². The third-order valence-electron chi connectivity index (χ3n) is 2.98. The van der Waals surface area contributed by atoms with E-state index < -0.39 is 0 Å². The Bertz CT molecular complexity index is 479. The number of rotatable bonds is 1. The number of carbonyl (C=O) groups excluding carboxylic acids is 1. The van der Waals surface area contributed by atoms with Gasteiger partial charge in [-0.1, -0.05) is 23.8 Å². The molecule has 1 heterocycles. The van der Waals surface area contributed by atoms with E-state index in [0.29, 0.717) is 11.4 Å². The molecule has 0 fully saturated rings. The fourth-order valence-corrected chi connectivity index (χ4v) is 2.31. The first kappa shape index (κ1) is 11.2. The third-order valence-corrected chi connectivity index (χ3v) is 3.19. The Kier molecular flexibility index (Phi) is 2.76. The normalized spacial score (nSPS) is 14.9. The molecule has 1 amide bonds. The molecule has 0 N–H and O–H groups in total. The van der Waals surface area contributed by atoms with E-state index in [0.717, 1.165) is 23.2 Å². The molecule has 1 aromatic rings. The molecule has 0 aromatic heterocycles. The maximum atomic E-state index is 11.6. The molecule has 0 radical (unpaired) electrons. The summed E-state index contributed by atoms with van der Waals surface area (Å²) in [4.78, 5) is 13.3. The van der Waals surface area contributed by atoms with Crippen molar-refractivity contribution in [2.24, 2.45) is 0 Å². The molecule has 0 bridgehead atoms. The maximum absolute atomic E-state index is 11.6. The van der Waals surface area contributed by atoms with Gasteiger partial charge < -0.3 is 4.90 Å². The van der Waals surface area contributed by atoms with Gasteiger partial charge in [-0.2, -0.15) is 0 Å². The zero-order valence-corrected chi connectivity index (χ0v) is 10.3. The van der Waals surface area contributed by atoms with Gasteiger partial charge >= 0.3 is 0 Å². The Morgan fingerprint density at radius 1 is 1.44 bits per heavy atom. The first-order valence-electron chi connectivity index (χ1n) is 5.25. The lowest BCUT2D eigenvalue weighted by molar-refractivity contribution is -0.118. The third kappa shape index (κ3) is 1.74.